The molecule has 0 atom stereocenters. The van der Waals surface area contributed by atoms with Gasteiger partial charge in [0.25, 0.3) is 5.89 Å². The first kappa shape index (κ1) is 22.0. The van der Waals surface area contributed by atoms with Gasteiger partial charge in [-0.1, -0.05) is 17.3 Å². The molecule has 0 saturated carbocycles. The molecule has 2 aromatic carbocycles. The van der Waals surface area contributed by atoms with Crippen LogP contribution < -0.4 is 4.74 Å². The van der Waals surface area contributed by atoms with Gasteiger partial charge in [0.1, 0.15) is 5.75 Å². The van der Waals surface area contributed by atoms with Crippen LogP contribution in [0, 0.1) is 0 Å². The van der Waals surface area contributed by atoms with E-state index in [0.29, 0.717) is 36.8 Å². The van der Waals surface area contributed by atoms with Crippen molar-refractivity contribution in [1.29, 1.82) is 0 Å². The lowest BCUT2D eigenvalue weighted by Crippen LogP contribution is -2.27. The summed E-state index contributed by atoms with van der Waals surface area (Å²) in [5.41, 5.74) is 0.900. The number of benzene rings is 2. The van der Waals surface area contributed by atoms with Crippen molar-refractivity contribution in [1.82, 2.24) is 14.4 Å². The van der Waals surface area contributed by atoms with E-state index in [4.69, 9.17) is 14.0 Å². The lowest BCUT2D eigenvalue weighted by molar-refractivity contribution is 0.0429. The minimum Gasteiger partial charge on any atom is -0.493 e. The molecule has 10 heteroatoms. The molecule has 1 fully saturated rings. The molecule has 1 aliphatic rings. The summed E-state index contributed by atoms with van der Waals surface area (Å²) in [6.45, 7) is 3.21. The molecule has 168 valence electrons. The third-order valence-electron chi connectivity index (χ3n) is 5.02. The van der Waals surface area contributed by atoms with Crippen LogP contribution in [0.3, 0.4) is 0 Å². The topological polar surface area (TPSA) is 112 Å². The number of hydrogen-bond donors (Lipinski definition) is 0. The molecule has 9 nitrogen and oxygen atoms in total. The van der Waals surface area contributed by atoms with Crippen molar-refractivity contribution in [3.8, 4) is 17.1 Å². The second-order valence-corrected chi connectivity index (χ2v) is 9.09. The fourth-order valence-electron chi connectivity index (χ4n) is 3.41. The molecular formula is C22H23N3O6S. The molecule has 0 spiro atoms. The van der Waals surface area contributed by atoms with Crippen LogP contribution in [0.2, 0.25) is 0 Å². The molecule has 0 N–H and O–H groups in total. The summed E-state index contributed by atoms with van der Waals surface area (Å²) in [5, 5.41) is 3.93. The highest BCUT2D eigenvalue weighted by Crippen LogP contribution is 2.27. The highest BCUT2D eigenvalue weighted by molar-refractivity contribution is 7.89. The van der Waals surface area contributed by atoms with Crippen LogP contribution in [0.15, 0.2) is 57.9 Å². The highest BCUT2D eigenvalue weighted by Gasteiger charge is 2.27. The average molecular weight is 458 g/mol. The molecule has 0 aliphatic carbocycles. The van der Waals surface area contributed by atoms with Crippen LogP contribution >= 0.6 is 0 Å². The molecule has 32 heavy (non-hydrogen) atoms. The van der Waals surface area contributed by atoms with Crippen LogP contribution in [0.1, 0.15) is 36.0 Å². The summed E-state index contributed by atoms with van der Waals surface area (Å²) >= 11 is 0. The smallest absolute Gasteiger partial charge is 0.338 e. The Morgan fingerprint density at radius 1 is 1.09 bits per heavy atom. The summed E-state index contributed by atoms with van der Waals surface area (Å²) in [4.78, 5) is 16.8. The van der Waals surface area contributed by atoms with Gasteiger partial charge in [-0.2, -0.15) is 9.29 Å². The summed E-state index contributed by atoms with van der Waals surface area (Å²) < 4.78 is 42.6. The Balaban J connectivity index is 1.39. The molecule has 1 aromatic heterocycles. The van der Waals surface area contributed by atoms with Gasteiger partial charge < -0.3 is 14.0 Å². The Morgan fingerprint density at radius 2 is 1.81 bits per heavy atom. The maximum atomic E-state index is 12.6. The van der Waals surface area contributed by atoms with Gasteiger partial charge in [-0.05, 0) is 56.2 Å². The SMILES string of the molecule is CCOc1ccccc1-c1noc(COC(=O)c2ccc(S(=O)(=O)N3CCCC3)cc2)n1. The number of para-hydroxylation sites is 1. The number of nitrogens with zero attached hydrogens (tertiary/aromatic N) is 3. The molecule has 1 aliphatic heterocycles. The van der Waals surface area contributed by atoms with Crippen molar-refractivity contribution in [3.63, 3.8) is 0 Å². The average Bonchev–Trinajstić information content (AvgIpc) is 3.51. The number of sulfonamides is 1. The Labute approximate surface area is 186 Å². The standard InChI is InChI=1S/C22H23N3O6S/c1-2-29-19-8-4-3-7-18(19)21-23-20(31-24-21)15-30-22(26)16-9-11-17(12-10-16)32(27,28)25-13-5-6-14-25/h3-4,7-12H,2,5-6,13-15H2,1H3. The predicted octanol–water partition coefficient (Wildman–Crippen LogP) is 3.28. The largest absolute Gasteiger partial charge is 0.493 e. The van der Waals surface area contributed by atoms with Gasteiger partial charge in [0.05, 0.1) is 22.6 Å². The molecule has 0 bridgehead atoms. The van der Waals surface area contributed by atoms with Crippen molar-refractivity contribution in [2.45, 2.75) is 31.3 Å². The second-order valence-electron chi connectivity index (χ2n) is 7.15. The minimum absolute atomic E-state index is 0.132. The van der Waals surface area contributed by atoms with Crippen molar-refractivity contribution in [2.75, 3.05) is 19.7 Å². The number of aromatic nitrogens is 2. The first-order valence-corrected chi connectivity index (χ1v) is 11.7. The monoisotopic (exact) mass is 457 g/mol. The molecular weight excluding hydrogens is 434 g/mol. The highest BCUT2D eigenvalue weighted by atomic mass is 32.2. The molecule has 0 amide bonds. The van der Waals surface area contributed by atoms with E-state index in [0.717, 1.165) is 12.8 Å². The van der Waals surface area contributed by atoms with Crippen LogP contribution in [0.5, 0.6) is 5.75 Å². The van der Waals surface area contributed by atoms with Crippen LogP contribution in [-0.2, 0) is 21.4 Å². The molecule has 2 heterocycles. The third-order valence-corrected chi connectivity index (χ3v) is 6.93. The number of rotatable bonds is 8. The Kier molecular flexibility index (Phi) is 6.52. The quantitative estimate of drug-likeness (QED) is 0.474. The van der Waals surface area contributed by atoms with Crippen LogP contribution in [-0.4, -0.2) is 48.5 Å². The van der Waals surface area contributed by atoms with Gasteiger partial charge in [0, 0.05) is 13.1 Å². The lowest BCUT2D eigenvalue weighted by atomic mass is 10.2. The van der Waals surface area contributed by atoms with Gasteiger partial charge in [0.15, 0.2) is 6.61 Å². The number of ether oxygens (including phenoxy) is 2. The Morgan fingerprint density at radius 3 is 2.53 bits per heavy atom. The van der Waals surface area contributed by atoms with Crippen molar-refractivity contribution in [3.05, 3.63) is 60.0 Å². The maximum absolute atomic E-state index is 12.6. The van der Waals surface area contributed by atoms with Gasteiger partial charge in [-0.25, -0.2) is 13.2 Å². The van der Waals surface area contributed by atoms with Crippen molar-refractivity contribution in [2.24, 2.45) is 0 Å². The van der Waals surface area contributed by atoms with Gasteiger partial charge >= 0.3 is 5.97 Å². The third kappa shape index (κ3) is 4.66. The van der Waals surface area contributed by atoms with E-state index >= 15 is 0 Å². The lowest BCUT2D eigenvalue weighted by Gasteiger charge is -2.15. The van der Waals surface area contributed by atoms with Gasteiger partial charge in [-0.3, -0.25) is 0 Å². The maximum Gasteiger partial charge on any atom is 0.338 e. The summed E-state index contributed by atoms with van der Waals surface area (Å²) in [5.74, 6) is 0.470. The van der Waals surface area contributed by atoms with Crippen LogP contribution in [0.25, 0.3) is 11.4 Å². The Bertz CT molecular complexity index is 1180. The summed E-state index contributed by atoms with van der Waals surface area (Å²) in [6, 6.07) is 13.0. The fraction of sp³-hybridized carbons (Fsp3) is 0.318. The fourth-order valence-corrected chi connectivity index (χ4v) is 4.92. The first-order chi connectivity index (χ1) is 15.5. The molecule has 3 aromatic rings. The van der Waals surface area contributed by atoms with E-state index in [-0.39, 0.29) is 23.0 Å². The van der Waals surface area contributed by atoms with Crippen molar-refractivity contribution >= 4 is 16.0 Å². The van der Waals surface area contributed by atoms with E-state index in [1.807, 2.05) is 31.2 Å². The number of hydrogen-bond acceptors (Lipinski definition) is 8. The zero-order valence-corrected chi connectivity index (χ0v) is 18.4. The van der Waals surface area contributed by atoms with Gasteiger partial charge in [0.2, 0.25) is 15.8 Å². The second kappa shape index (κ2) is 9.49. The van der Waals surface area contributed by atoms with E-state index in [9.17, 15) is 13.2 Å². The molecule has 1 saturated heterocycles. The molecule has 0 radical (unpaired) electrons. The molecule has 4 rings (SSSR count). The minimum atomic E-state index is -3.53. The van der Waals surface area contributed by atoms with Crippen LogP contribution in [0.4, 0.5) is 0 Å². The van der Waals surface area contributed by atoms with E-state index < -0.39 is 16.0 Å². The van der Waals surface area contributed by atoms with E-state index in [2.05, 4.69) is 10.1 Å². The number of carbonyl (C=O) groups excluding carboxylic acids is 1. The van der Waals surface area contributed by atoms with Crippen molar-refractivity contribution < 1.29 is 27.2 Å². The zero-order chi connectivity index (χ0) is 22.6. The van der Waals surface area contributed by atoms with E-state index in [1.165, 1.54) is 28.6 Å². The molecule has 0 unspecified atom stereocenters. The zero-order valence-electron chi connectivity index (χ0n) is 17.6. The normalized spacial score (nSPS) is 14.4. The number of esters is 1. The van der Waals surface area contributed by atoms with E-state index in [1.54, 1.807) is 0 Å². The predicted molar refractivity (Wildman–Crippen MR) is 114 cm³/mol. The number of carbonyl (C=O) groups is 1. The van der Waals surface area contributed by atoms with Gasteiger partial charge in [-0.15, -0.1) is 0 Å². The Hall–Kier alpha value is -3.24. The summed E-state index contributed by atoms with van der Waals surface area (Å²) in [7, 11) is -3.53. The summed E-state index contributed by atoms with van der Waals surface area (Å²) in [6.07, 6.45) is 1.72. The first-order valence-electron chi connectivity index (χ1n) is 10.3.